The zero-order valence-electron chi connectivity index (χ0n) is 14.1. The summed E-state index contributed by atoms with van der Waals surface area (Å²) in [7, 11) is -7.75. The number of benzene rings is 2. The van der Waals surface area contributed by atoms with E-state index in [-0.39, 0.29) is 16.3 Å². The number of nitrogens with two attached hydrogens (primary N) is 1. The SMILES string of the molecule is NS(=O)(=O)c1ccc(CCNC(=O)CNS(=O)(=O)c2cccc(F)c2)cc1. The van der Waals surface area contributed by atoms with Crippen molar-refractivity contribution in [2.75, 3.05) is 13.1 Å². The van der Waals surface area contributed by atoms with Gasteiger partial charge < -0.3 is 5.32 Å². The van der Waals surface area contributed by atoms with Crippen LogP contribution in [0, 0.1) is 5.82 Å². The van der Waals surface area contributed by atoms with Crippen molar-refractivity contribution in [1.82, 2.24) is 10.0 Å². The van der Waals surface area contributed by atoms with Gasteiger partial charge in [-0.15, -0.1) is 0 Å². The van der Waals surface area contributed by atoms with Crippen LogP contribution in [0.4, 0.5) is 4.39 Å². The number of halogens is 1. The molecule has 0 fully saturated rings. The van der Waals surface area contributed by atoms with Crippen molar-refractivity contribution in [2.45, 2.75) is 16.2 Å². The lowest BCUT2D eigenvalue weighted by Gasteiger charge is -2.08. The molecule has 8 nitrogen and oxygen atoms in total. The topological polar surface area (TPSA) is 135 Å². The van der Waals surface area contributed by atoms with Gasteiger partial charge in [-0.05, 0) is 42.3 Å². The van der Waals surface area contributed by atoms with Crippen LogP contribution >= 0.6 is 0 Å². The Morgan fingerprint density at radius 1 is 1.00 bits per heavy atom. The number of rotatable bonds is 8. The zero-order valence-corrected chi connectivity index (χ0v) is 15.7. The number of carbonyl (C=O) groups excluding carboxylic acids is 1. The van der Waals surface area contributed by atoms with Crippen LogP contribution in [0.5, 0.6) is 0 Å². The van der Waals surface area contributed by atoms with E-state index in [9.17, 15) is 26.0 Å². The molecule has 0 atom stereocenters. The van der Waals surface area contributed by atoms with Crippen molar-refractivity contribution in [3.8, 4) is 0 Å². The maximum absolute atomic E-state index is 13.1. The monoisotopic (exact) mass is 415 g/mol. The number of carbonyl (C=O) groups is 1. The molecule has 1 amide bonds. The van der Waals surface area contributed by atoms with E-state index in [4.69, 9.17) is 5.14 Å². The molecule has 0 aliphatic heterocycles. The molecule has 2 aromatic rings. The van der Waals surface area contributed by atoms with E-state index in [2.05, 4.69) is 10.0 Å². The van der Waals surface area contributed by atoms with Crippen molar-refractivity contribution < 1.29 is 26.0 Å². The second-order valence-electron chi connectivity index (χ2n) is 5.57. The van der Waals surface area contributed by atoms with Crippen LogP contribution in [0.15, 0.2) is 58.3 Å². The third-order valence-electron chi connectivity index (χ3n) is 3.52. The minimum absolute atomic E-state index is 0.0120. The normalized spacial score (nSPS) is 11.9. The van der Waals surface area contributed by atoms with E-state index in [1.165, 1.54) is 24.3 Å². The summed E-state index contributed by atoms with van der Waals surface area (Å²) in [4.78, 5) is 11.5. The van der Waals surface area contributed by atoms with Crippen molar-refractivity contribution in [3.63, 3.8) is 0 Å². The summed E-state index contributed by atoms with van der Waals surface area (Å²) < 4.78 is 61.5. The number of sulfonamides is 2. The molecule has 0 saturated carbocycles. The average Bonchev–Trinajstić information content (AvgIpc) is 2.60. The first-order chi connectivity index (χ1) is 12.6. The molecule has 0 unspecified atom stereocenters. The molecule has 4 N–H and O–H groups in total. The molecule has 0 saturated heterocycles. The van der Waals surface area contributed by atoms with Gasteiger partial charge >= 0.3 is 0 Å². The fourth-order valence-corrected chi connectivity index (χ4v) is 3.66. The Morgan fingerprint density at radius 2 is 1.67 bits per heavy atom. The van der Waals surface area contributed by atoms with Crippen LogP contribution in [0.1, 0.15) is 5.56 Å². The van der Waals surface area contributed by atoms with Gasteiger partial charge in [-0.3, -0.25) is 4.79 Å². The highest BCUT2D eigenvalue weighted by atomic mass is 32.2. The average molecular weight is 415 g/mol. The van der Waals surface area contributed by atoms with Crippen LogP contribution in [0.2, 0.25) is 0 Å². The molecule has 0 aliphatic carbocycles. The van der Waals surface area contributed by atoms with E-state index in [0.717, 1.165) is 17.7 Å². The molecule has 0 heterocycles. The van der Waals surface area contributed by atoms with Gasteiger partial charge in [0.05, 0.1) is 16.3 Å². The van der Waals surface area contributed by atoms with Crippen molar-refractivity contribution in [3.05, 3.63) is 59.9 Å². The summed E-state index contributed by atoms with van der Waals surface area (Å²) in [5.74, 6) is -1.26. The summed E-state index contributed by atoms with van der Waals surface area (Å²) in [6.07, 6.45) is 0.410. The van der Waals surface area contributed by atoms with Crippen molar-refractivity contribution in [2.24, 2.45) is 5.14 Å². The minimum Gasteiger partial charge on any atom is -0.355 e. The Balaban J connectivity index is 1.81. The molecular formula is C16H18FN3O5S2. The van der Waals surface area contributed by atoms with Gasteiger partial charge in [0, 0.05) is 6.54 Å². The summed E-state index contributed by atoms with van der Waals surface area (Å²) >= 11 is 0. The summed E-state index contributed by atoms with van der Waals surface area (Å²) in [6.45, 7) is -0.279. The Bertz CT molecular complexity index is 1020. The lowest BCUT2D eigenvalue weighted by Crippen LogP contribution is -2.37. The van der Waals surface area contributed by atoms with E-state index in [1.807, 2.05) is 0 Å². The van der Waals surface area contributed by atoms with Crippen LogP contribution in [-0.2, 0) is 31.3 Å². The van der Waals surface area contributed by atoms with Crippen molar-refractivity contribution >= 4 is 26.0 Å². The molecular weight excluding hydrogens is 397 g/mol. The predicted molar refractivity (Wildman–Crippen MR) is 96.1 cm³/mol. The smallest absolute Gasteiger partial charge is 0.241 e. The first-order valence-electron chi connectivity index (χ1n) is 7.71. The lowest BCUT2D eigenvalue weighted by molar-refractivity contribution is -0.119. The summed E-state index contributed by atoms with van der Waals surface area (Å²) in [5, 5.41) is 7.53. The zero-order chi connectivity index (χ0) is 20.1. The molecule has 0 bridgehead atoms. The standard InChI is InChI=1S/C16H18FN3O5S2/c17-13-2-1-3-15(10-13)27(24,25)20-11-16(21)19-9-8-12-4-6-14(7-5-12)26(18,22)23/h1-7,10,20H,8-9,11H2,(H,19,21)(H2,18,22,23). The number of hydrogen-bond acceptors (Lipinski definition) is 5. The first kappa shape index (κ1) is 21.0. The van der Waals surface area contributed by atoms with Gasteiger partial charge in [0.15, 0.2) is 0 Å². The third kappa shape index (κ3) is 6.40. The largest absolute Gasteiger partial charge is 0.355 e. The van der Waals surface area contributed by atoms with Crippen LogP contribution in [0.3, 0.4) is 0 Å². The number of amides is 1. The maximum Gasteiger partial charge on any atom is 0.241 e. The molecule has 27 heavy (non-hydrogen) atoms. The second-order valence-corrected chi connectivity index (χ2v) is 8.90. The Hall–Kier alpha value is -2.34. The van der Waals surface area contributed by atoms with Crippen LogP contribution < -0.4 is 15.2 Å². The van der Waals surface area contributed by atoms with Gasteiger partial charge in [-0.1, -0.05) is 18.2 Å². The van der Waals surface area contributed by atoms with Gasteiger partial charge in [0.1, 0.15) is 5.82 Å². The van der Waals surface area contributed by atoms with E-state index >= 15 is 0 Å². The van der Waals surface area contributed by atoms with Gasteiger partial charge in [-0.25, -0.2) is 31.1 Å². The highest BCUT2D eigenvalue weighted by Crippen LogP contribution is 2.10. The minimum atomic E-state index is -3.99. The Labute approximate surface area is 156 Å². The van der Waals surface area contributed by atoms with E-state index in [0.29, 0.717) is 6.42 Å². The molecule has 0 aromatic heterocycles. The third-order valence-corrected chi connectivity index (χ3v) is 5.85. The first-order valence-corrected chi connectivity index (χ1v) is 10.7. The van der Waals surface area contributed by atoms with Crippen molar-refractivity contribution in [1.29, 1.82) is 0 Å². The summed E-state index contributed by atoms with van der Waals surface area (Å²) in [5.41, 5.74) is 0.767. The number of primary sulfonamides is 1. The number of nitrogens with one attached hydrogen (secondary N) is 2. The number of hydrogen-bond donors (Lipinski definition) is 3. The molecule has 146 valence electrons. The maximum atomic E-state index is 13.1. The second kappa shape index (κ2) is 8.57. The fraction of sp³-hybridized carbons (Fsp3) is 0.188. The van der Waals surface area contributed by atoms with Crippen LogP contribution in [0.25, 0.3) is 0 Å². The Kier molecular flexibility index (Phi) is 6.65. The molecule has 2 aromatic carbocycles. The van der Waals surface area contributed by atoms with E-state index < -0.39 is 38.3 Å². The fourth-order valence-electron chi connectivity index (χ4n) is 2.13. The predicted octanol–water partition coefficient (Wildman–Crippen LogP) is 0.110. The van der Waals surface area contributed by atoms with Crippen LogP contribution in [-0.4, -0.2) is 35.8 Å². The molecule has 0 aliphatic rings. The quantitative estimate of drug-likeness (QED) is 0.562. The Morgan fingerprint density at radius 3 is 2.26 bits per heavy atom. The lowest BCUT2D eigenvalue weighted by atomic mass is 10.1. The van der Waals surface area contributed by atoms with Gasteiger partial charge in [0.25, 0.3) is 0 Å². The van der Waals surface area contributed by atoms with Gasteiger partial charge in [-0.2, -0.15) is 0 Å². The van der Waals surface area contributed by atoms with E-state index in [1.54, 1.807) is 12.1 Å². The molecule has 2 rings (SSSR count). The van der Waals surface area contributed by atoms with Gasteiger partial charge in [0.2, 0.25) is 26.0 Å². The highest BCUT2D eigenvalue weighted by molar-refractivity contribution is 7.89. The molecule has 0 spiro atoms. The molecule has 11 heteroatoms. The molecule has 0 radical (unpaired) electrons. The summed E-state index contributed by atoms with van der Waals surface area (Å²) in [6, 6.07) is 10.3. The highest BCUT2D eigenvalue weighted by Gasteiger charge is 2.16.